The van der Waals surface area contributed by atoms with Crippen molar-refractivity contribution >= 4 is 33.4 Å². The number of hydrogen-bond acceptors (Lipinski definition) is 11. The van der Waals surface area contributed by atoms with E-state index in [1.54, 1.807) is 32.1 Å². The Morgan fingerprint density at radius 1 is 1.15 bits per heavy atom. The highest BCUT2D eigenvalue weighted by Gasteiger charge is 2.50. The topological polar surface area (TPSA) is 179 Å². The molecule has 1 radical (unpaired) electrons. The van der Waals surface area contributed by atoms with Gasteiger partial charge in [0.05, 0.1) is 17.8 Å². The van der Waals surface area contributed by atoms with Crippen LogP contribution in [-0.4, -0.2) is 109 Å². The number of carbonyl (C=O) groups excluding carboxylic acids is 4. The van der Waals surface area contributed by atoms with E-state index in [9.17, 15) is 32.7 Å². The minimum absolute atomic E-state index is 0.0243. The van der Waals surface area contributed by atoms with Crippen molar-refractivity contribution in [3.63, 3.8) is 0 Å². The molecule has 2 N–H and O–H groups in total. The summed E-state index contributed by atoms with van der Waals surface area (Å²) >= 11 is 0. The quantitative estimate of drug-likeness (QED) is 0.318. The number of amides is 2. The summed E-state index contributed by atoms with van der Waals surface area (Å²) in [6.07, 6.45) is 6.68. The van der Waals surface area contributed by atoms with Crippen molar-refractivity contribution < 1.29 is 41.9 Å². The van der Waals surface area contributed by atoms with Crippen LogP contribution in [0.4, 0.5) is 0 Å². The fourth-order valence-electron chi connectivity index (χ4n) is 5.99. The summed E-state index contributed by atoms with van der Waals surface area (Å²) in [6, 6.07) is -1.44. The van der Waals surface area contributed by atoms with E-state index in [2.05, 4.69) is 10.3 Å². The van der Waals surface area contributed by atoms with Crippen LogP contribution in [0.25, 0.3) is 0 Å². The summed E-state index contributed by atoms with van der Waals surface area (Å²) < 4.78 is 38.9. The van der Waals surface area contributed by atoms with E-state index in [1.807, 2.05) is 32.6 Å². The standard InChI is InChI=1S/C34H50N4O9S/c1-7-37(8-2)16-17-48(44,45)28-13-15-38-31(28)34(43)47-32(22(3)4)24(6)11-12-29(41)35-14-9-10-23(5)18-25(39)19-26(40)20-30-36-27(21-46-30)33(38)42/h9-12,18,21-22,24-25,28,31-32,39H,7-8,13-17,19-20H2,1-6H3,(H,35,41)/q+1/b10-9+,12-11+,23-18+/t24-,25-,28-,31-,32-/m1/s1. The number of fused-ring (bicyclic) bond motifs is 3. The number of nitrogens with one attached hydrogen (secondary N) is 1. The average Bonchev–Trinajstić information content (AvgIpc) is 3.68. The van der Waals surface area contributed by atoms with E-state index in [-0.39, 0.29) is 73.8 Å². The van der Waals surface area contributed by atoms with Gasteiger partial charge in [-0.15, -0.1) is 0 Å². The largest absolute Gasteiger partial charge is 0.460 e. The number of cyclic esters (lactones) is 1. The van der Waals surface area contributed by atoms with Crippen molar-refractivity contribution in [1.82, 2.24) is 20.1 Å². The maximum absolute atomic E-state index is 14.0. The molecule has 2 aliphatic rings. The maximum Gasteiger partial charge on any atom is 0.330 e. The van der Waals surface area contributed by atoms with Gasteiger partial charge in [0.2, 0.25) is 11.8 Å². The molecule has 3 heterocycles. The second-order valence-corrected chi connectivity index (χ2v) is 15.0. The van der Waals surface area contributed by atoms with Gasteiger partial charge in [0.1, 0.15) is 49.6 Å². The van der Waals surface area contributed by atoms with E-state index >= 15 is 0 Å². The van der Waals surface area contributed by atoms with Crippen LogP contribution in [0.3, 0.4) is 0 Å². The number of hydrogen-bond donors (Lipinski definition) is 2. The van der Waals surface area contributed by atoms with Crippen LogP contribution in [0.2, 0.25) is 0 Å². The van der Waals surface area contributed by atoms with Crippen LogP contribution in [0.15, 0.2) is 46.6 Å². The lowest BCUT2D eigenvalue weighted by molar-refractivity contribution is -0.157. The van der Waals surface area contributed by atoms with Crippen molar-refractivity contribution in [1.29, 1.82) is 0 Å². The number of allylic oxidation sites excluding steroid dienone is 2. The van der Waals surface area contributed by atoms with Crippen LogP contribution in [0, 0.1) is 11.8 Å². The van der Waals surface area contributed by atoms with Crippen LogP contribution >= 0.6 is 0 Å². The number of esters is 1. The normalized spacial score (nSPS) is 28.1. The van der Waals surface area contributed by atoms with Crippen molar-refractivity contribution in [2.45, 2.75) is 84.3 Å². The Kier molecular flexibility index (Phi) is 14.3. The molecule has 1 fully saturated rings. The zero-order chi connectivity index (χ0) is 35.6. The summed E-state index contributed by atoms with van der Waals surface area (Å²) in [5.74, 6) is -3.23. The van der Waals surface area contributed by atoms with Crippen LogP contribution in [0.5, 0.6) is 0 Å². The smallest absolute Gasteiger partial charge is 0.330 e. The van der Waals surface area contributed by atoms with Gasteiger partial charge in [-0.25, -0.2) is 18.2 Å². The number of sulfone groups is 1. The predicted octanol–water partition coefficient (Wildman–Crippen LogP) is 2.11. The molecule has 3 rings (SSSR count). The first-order valence-electron chi connectivity index (χ1n) is 16.6. The van der Waals surface area contributed by atoms with Gasteiger partial charge in [0.25, 0.3) is 5.91 Å². The number of rotatable bonds is 7. The molecule has 48 heavy (non-hydrogen) atoms. The molecule has 13 nitrogen and oxygen atoms in total. The molecule has 1 aromatic rings. The molecular weight excluding hydrogens is 640 g/mol. The third-order valence-corrected chi connectivity index (χ3v) is 10.8. The van der Waals surface area contributed by atoms with Gasteiger partial charge in [-0.1, -0.05) is 50.6 Å². The number of ether oxygens (including phenoxy) is 1. The number of aliphatic hydroxyl groups is 1. The second kappa shape index (κ2) is 17.7. The maximum atomic E-state index is 14.0. The monoisotopic (exact) mass is 690 g/mol. The third kappa shape index (κ3) is 10.7. The highest BCUT2D eigenvalue weighted by atomic mass is 32.2. The highest BCUT2D eigenvalue weighted by Crippen LogP contribution is 2.30. The fraction of sp³-hybridized carbons (Fsp3) is 0.618. The predicted molar refractivity (Wildman–Crippen MR) is 180 cm³/mol. The Labute approximate surface area is 283 Å². The second-order valence-electron chi connectivity index (χ2n) is 12.7. The zero-order valence-corrected chi connectivity index (χ0v) is 29.6. The van der Waals surface area contributed by atoms with Gasteiger partial charge >= 0.3 is 5.97 Å². The molecule has 1 saturated heterocycles. The third-order valence-electron chi connectivity index (χ3n) is 8.66. The Morgan fingerprint density at radius 3 is 2.52 bits per heavy atom. The molecule has 5 atom stereocenters. The van der Waals surface area contributed by atoms with Gasteiger partial charge in [-0.2, -0.15) is 4.90 Å². The first kappa shape index (κ1) is 38.8. The van der Waals surface area contributed by atoms with Gasteiger partial charge in [0.15, 0.2) is 15.5 Å². The molecule has 0 aromatic carbocycles. The summed E-state index contributed by atoms with van der Waals surface area (Å²) in [6.45, 7) is 12.9. The Bertz CT molecular complexity index is 1490. The van der Waals surface area contributed by atoms with Gasteiger partial charge < -0.3 is 24.5 Å². The molecule has 265 valence electrons. The first-order chi connectivity index (χ1) is 22.7. The van der Waals surface area contributed by atoms with Crippen LogP contribution in [0.1, 0.15) is 70.8 Å². The van der Waals surface area contributed by atoms with E-state index in [4.69, 9.17) is 9.15 Å². The molecule has 0 unspecified atom stereocenters. The minimum Gasteiger partial charge on any atom is -0.460 e. The Morgan fingerprint density at radius 2 is 1.85 bits per heavy atom. The van der Waals surface area contributed by atoms with E-state index in [0.29, 0.717) is 18.7 Å². The summed E-state index contributed by atoms with van der Waals surface area (Å²) in [7, 11) is -3.87. The number of oxazole rings is 1. The molecule has 2 bridgehead atoms. The minimum atomic E-state index is -3.87. The van der Waals surface area contributed by atoms with Crippen molar-refractivity contribution in [3.05, 3.63) is 53.8 Å². The van der Waals surface area contributed by atoms with Crippen LogP contribution in [-0.2, 0) is 35.4 Å². The van der Waals surface area contributed by atoms with Crippen LogP contribution < -0.4 is 10.2 Å². The van der Waals surface area contributed by atoms with Gasteiger partial charge in [-0.05, 0) is 39.2 Å². The first-order valence-corrected chi connectivity index (χ1v) is 18.3. The number of ketones is 1. The molecule has 2 aliphatic heterocycles. The number of nitrogens with zero attached hydrogens (tertiary/aromatic N) is 3. The summed E-state index contributed by atoms with van der Waals surface area (Å²) in [5, 5.41) is 11.9. The summed E-state index contributed by atoms with van der Waals surface area (Å²) in [4.78, 5) is 60.3. The highest BCUT2D eigenvalue weighted by molar-refractivity contribution is 7.92. The molecule has 2 amide bonds. The van der Waals surface area contributed by atoms with Crippen molar-refractivity contribution in [2.24, 2.45) is 11.8 Å². The fourth-order valence-corrected chi connectivity index (χ4v) is 7.92. The van der Waals surface area contributed by atoms with E-state index in [0.717, 1.165) is 11.2 Å². The zero-order valence-electron chi connectivity index (χ0n) is 28.8. The van der Waals surface area contributed by atoms with Crippen molar-refractivity contribution in [2.75, 3.05) is 38.5 Å². The van der Waals surface area contributed by atoms with Crippen molar-refractivity contribution in [3.8, 4) is 0 Å². The Balaban J connectivity index is 2.00. The lowest BCUT2D eigenvalue weighted by Gasteiger charge is -2.31. The van der Waals surface area contributed by atoms with E-state index in [1.165, 1.54) is 12.2 Å². The number of aliphatic hydroxyl groups excluding tert-OH is 1. The Hall–Kier alpha value is -3.62. The SMILES string of the molecule is CC[N+](CC)CCS(=O)(=O)[C@@H]1CCN2C(=O)c3coc(n3)CC(=O)C[C@H](O)/C=C(C)/C=C/CNC(=O)/C=C/[C@@H](C)[C@@H](C(C)C)OC(=O)[C@@H]12. The molecule has 0 aliphatic carbocycles. The van der Waals surface area contributed by atoms with Gasteiger partial charge in [0, 0.05) is 25.4 Å². The number of carbonyl (C=O) groups is 4. The lowest BCUT2D eigenvalue weighted by atomic mass is 9.94. The van der Waals surface area contributed by atoms with Gasteiger partial charge in [-0.3, -0.25) is 14.4 Å². The molecule has 1 aromatic heterocycles. The molecule has 0 saturated carbocycles. The number of aromatic nitrogens is 1. The molecular formula is C34H50N4O9S+. The van der Waals surface area contributed by atoms with E-state index < -0.39 is 51.1 Å². The molecule has 0 spiro atoms. The number of Topliss-reactive ketones (excluding diaryl/α,β-unsaturated/α-hetero) is 1. The average molecular weight is 691 g/mol. The summed E-state index contributed by atoms with van der Waals surface area (Å²) in [5.41, 5.74) is 0.505. The lowest BCUT2D eigenvalue weighted by Crippen LogP contribution is -2.51. The molecule has 14 heteroatoms.